The first-order valence-corrected chi connectivity index (χ1v) is 13.8. The van der Waals surface area contributed by atoms with Crippen LogP contribution in [0.15, 0.2) is 135 Å². The Kier molecular flexibility index (Phi) is 4.63. The van der Waals surface area contributed by atoms with Crippen molar-refractivity contribution in [2.75, 3.05) is 4.90 Å². The average Bonchev–Trinajstić information content (AvgIpc) is 3.66. The van der Waals surface area contributed by atoms with E-state index in [0.717, 1.165) is 66.3 Å². The molecule has 5 heteroatoms. The van der Waals surface area contributed by atoms with Gasteiger partial charge in [-0.3, -0.25) is 0 Å². The molecule has 9 aromatic rings. The molecule has 0 spiro atoms. The predicted molar refractivity (Wildman–Crippen MR) is 168 cm³/mol. The molecule has 0 bridgehead atoms. The zero-order valence-corrected chi connectivity index (χ0v) is 22.4. The lowest BCUT2D eigenvalue weighted by Gasteiger charge is -2.26. The van der Waals surface area contributed by atoms with Gasteiger partial charge in [0.25, 0.3) is 5.78 Å². The molecule has 194 valence electrons. The largest absolute Gasteiger partial charge is 0.456 e. The number of benzene rings is 6. The fraction of sp³-hybridized carbons (Fsp3) is 0. The van der Waals surface area contributed by atoms with Crippen LogP contribution in [0.1, 0.15) is 0 Å². The maximum Gasteiger partial charge on any atom is 0.299 e. The lowest BCUT2D eigenvalue weighted by molar-refractivity contribution is 0.524. The highest BCUT2D eigenvalue weighted by molar-refractivity contribution is 6.32. The fourth-order valence-corrected chi connectivity index (χ4v) is 6.20. The second-order valence-electron chi connectivity index (χ2n) is 10.3. The number of hydrogen-bond donors (Lipinski definition) is 0. The molecule has 0 aliphatic rings. The Morgan fingerprint density at radius 1 is 0.439 bits per heavy atom. The summed E-state index contributed by atoms with van der Waals surface area (Å²) in [6.45, 7) is 0. The third-order valence-corrected chi connectivity index (χ3v) is 8.16. The summed E-state index contributed by atoms with van der Waals surface area (Å²) in [5, 5.41) is 8.06. The molecule has 0 saturated carbocycles. The van der Waals surface area contributed by atoms with Gasteiger partial charge < -0.3 is 18.2 Å². The van der Waals surface area contributed by atoms with Crippen molar-refractivity contribution in [3.63, 3.8) is 0 Å². The van der Waals surface area contributed by atoms with Crippen molar-refractivity contribution in [3.05, 3.63) is 126 Å². The van der Waals surface area contributed by atoms with E-state index in [-0.39, 0.29) is 0 Å². The number of nitrogens with zero attached hydrogens (tertiary/aromatic N) is 1. The van der Waals surface area contributed by atoms with Gasteiger partial charge in [0.1, 0.15) is 22.3 Å². The topological polar surface area (TPSA) is 42.7 Å². The quantitative estimate of drug-likeness (QED) is 0.220. The van der Waals surface area contributed by atoms with Gasteiger partial charge >= 0.3 is 0 Å². The maximum absolute atomic E-state index is 6.32. The predicted octanol–water partition coefficient (Wildman–Crippen LogP) is 11.5. The molecule has 3 aromatic heterocycles. The first-order valence-electron chi connectivity index (χ1n) is 13.4. The highest BCUT2D eigenvalue weighted by atomic mass is 35.5. The third-order valence-electron chi connectivity index (χ3n) is 7.92. The van der Waals surface area contributed by atoms with E-state index >= 15 is 0 Å². The van der Waals surface area contributed by atoms with Crippen molar-refractivity contribution >= 4 is 94.5 Å². The summed E-state index contributed by atoms with van der Waals surface area (Å²) in [7, 11) is 0. The summed E-state index contributed by atoms with van der Waals surface area (Å²) in [5.41, 5.74) is 6.28. The van der Waals surface area contributed by atoms with Crippen LogP contribution in [0.4, 0.5) is 17.1 Å². The molecule has 4 nitrogen and oxygen atoms in total. The van der Waals surface area contributed by atoms with Gasteiger partial charge in [0, 0.05) is 49.7 Å². The molecule has 0 saturated heterocycles. The molecule has 3 heterocycles. The number of para-hydroxylation sites is 1. The molecule has 0 N–H and O–H groups in total. The molecule has 9 rings (SSSR count). The van der Waals surface area contributed by atoms with Gasteiger partial charge in [-0.05, 0) is 77.5 Å². The molecule has 0 unspecified atom stereocenters. The van der Waals surface area contributed by atoms with E-state index in [9.17, 15) is 0 Å². The van der Waals surface area contributed by atoms with Gasteiger partial charge in [-0.25, -0.2) is 0 Å². The lowest BCUT2D eigenvalue weighted by Crippen LogP contribution is -2.09. The van der Waals surface area contributed by atoms with Gasteiger partial charge in [0.05, 0.1) is 5.39 Å². The van der Waals surface area contributed by atoms with Crippen molar-refractivity contribution in [2.45, 2.75) is 0 Å². The SMILES string of the molecule is Clc1ccc2oc3oc4cc(N(c5ccc6ccccc6c5)c5ccc6oc7ccccc7c6c5)ccc4c3c2c1. The Hall–Kier alpha value is -5.19. The van der Waals surface area contributed by atoms with Crippen LogP contribution in [0.25, 0.3) is 65.8 Å². The molecule has 0 fully saturated rings. The fourth-order valence-electron chi connectivity index (χ4n) is 6.03. The third kappa shape index (κ3) is 3.41. The number of halogens is 1. The van der Waals surface area contributed by atoms with Crippen LogP contribution in [0.2, 0.25) is 5.02 Å². The lowest BCUT2D eigenvalue weighted by atomic mass is 10.1. The van der Waals surface area contributed by atoms with E-state index < -0.39 is 0 Å². The molecule has 0 aliphatic carbocycles. The first-order chi connectivity index (χ1) is 20.2. The molecule has 0 amide bonds. The normalized spacial score (nSPS) is 12.0. The Labute approximate surface area is 238 Å². The van der Waals surface area contributed by atoms with Crippen LogP contribution in [-0.4, -0.2) is 0 Å². The second kappa shape index (κ2) is 8.40. The molecular formula is C36H20ClNO3. The van der Waals surface area contributed by atoms with Crippen molar-refractivity contribution in [3.8, 4) is 0 Å². The van der Waals surface area contributed by atoms with Gasteiger partial charge in [0.15, 0.2) is 0 Å². The number of anilines is 3. The van der Waals surface area contributed by atoms with Crippen LogP contribution in [0.5, 0.6) is 0 Å². The first kappa shape index (κ1) is 22.6. The monoisotopic (exact) mass is 549 g/mol. The van der Waals surface area contributed by atoms with Crippen LogP contribution in [-0.2, 0) is 0 Å². The van der Waals surface area contributed by atoms with Crippen molar-refractivity contribution < 1.29 is 13.3 Å². The number of furan rings is 3. The van der Waals surface area contributed by atoms with E-state index in [1.807, 2.05) is 42.5 Å². The Morgan fingerprint density at radius 2 is 1.12 bits per heavy atom. The number of rotatable bonds is 3. The molecular weight excluding hydrogens is 530 g/mol. The molecule has 6 aromatic carbocycles. The Balaban J connectivity index is 1.28. The minimum atomic E-state index is 0.498. The average molecular weight is 550 g/mol. The Bertz CT molecular complexity index is 2460. The van der Waals surface area contributed by atoms with Crippen molar-refractivity contribution in [1.29, 1.82) is 0 Å². The zero-order valence-electron chi connectivity index (χ0n) is 21.6. The second-order valence-corrected chi connectivity index (χ2v) is 10.8. The summed E-state index contributed by atoms with van der Waals surface area (Å²) in [6, 6.07) is 41.4. The van der Waals surface area contributed by atoms with Crippen molar-refractivity contribution in [1.82, 2.24) is 0 Å². The molecule has 41 heavy (non-hydrogen) atoms. The van der Waals surface area contributed by atoms with Gasteiger partial charge in [0.2, 0.25) is 0 Å². The van der Waals surface area contributed by atoms with E-state index in [1.54, 1.807) is 0 Å². The van der Waals surface area contributed by atoms with Crippen LogP contribution >= 0.6 is 11.6 Å². The number of fused-ring (bicyclic) bond motifs is 9. The zero-order chi connectivity index (χ0) is 27.1. The molecule has 0 atom stereocenters. The molecule has 0 radical (unpaired) electrons. The smallest absolute Gasteiger partial charge is 0.299 e. The van der Waals surface area contributed by atoms with Crippen LogP contribution in [0.3, 0.4) is 0 Å². The summed E-state index contributed by atoms with van der Waals surface area (Å²) in [5.74, 6) is 0.498. The van der Waals surface area contributed by atoms with Crippen LogP contribution < -0.4 is 4.90 Å². The maximum atomic E-state index is 6.32. The van der Waals surface area contributed by atoms with Gasteiger partial charge in [-0.2, -0.15) is 0 Å². The van der Waals surface area contributed by atoms with E-state index in [4.69, 9.17) is 24.9 Å². The standard InChI is InChI=1S/C36H20ClNO3/c37-23-10-15-33-30(18-23)35-28-14-12-26(20-34(28)41-36(35)40-33)38(24-11-9-21-5-1-2-6-22(21)17-24)25-13-16-32-29(19-25)27-7-3-4-8-31(27)39-32/h1-20H. The Morgan fingerprint density at radius 3 is 2.07 bits per heavy atom. The van der Waals surface area contributed by atoms with E-state index in [0.29, 0.717) is 10.8 Å². The van der Waals surface area contributed by atoms with Crippen molar-refractivity contribution in [2.24, 2.45) is 0 Å². The highest BCUT2D eigenvalue weighted by Crippen LogP contribution is 2.43. The van der Waals surface area contributed by atoms with E-state index in [1.165, 1.54) is 10.8 Å². The van der Waals surface area contributed by atoms with Crippen LogP contribution in [0, 0.1) is 0 Å². The minimum Gasteiger partial charge on any atom is -0.456 e. The summed E-state index contributed by atoms with van der Waals surface area (Å²) in [4.78, 5) is 2.26. The summed E-state index contributed by atoms with van der Waals surface area (Å²) < 4.78 is 18.4. The number of hydrogen-bond acceptors (Lipinski definition) is 4. The summed E-state index contributed by atoms with van der Waals surface area (Å²) in [6.07, 6.45) is 0. The summed E-state index contributed by atoms with van der Waals surface area (Å²) >= 11 is 6.32. The van der Waals surface area contributed by atoms with Gasteiger partial charge in [-0.15, -0.1) is 0 Å². The molecule has 0 aliphatic heterocycles. The minimum absolute atomic E-state index is 0.498. The van der Waals surface area contributed by atoms with Gasteiger partial charge in [-0.1, -0.05) is 60.1 Å². The highest BCUT2D eigenvalue weighted by Gasteiger charge is 2.20. The van der Waals surface area contributed by atoms with E-state index in [2.05, 4.69) is 83.8 Å².